The highest BCUT2D eigenvalue weighted by Gasteiger charge is 2.50. The summed E-state index contributed by atoms with van der Waals surface area (Å²) < 4.78 is 26.4. The lowest BCUT2D eigenvalue weighted by atomic mass is 9.88. The van der Waals surface area contributed by atoms with Gasteiger partial charge in [-0.3, -0.25) is 14.5 Å². The zero-order valence-electron chi connectivity index (χ0n) is 17.2. The molecule has 10 heteroatoms. The van der Waals surface area contributed by atoms with Crippen LogP contribution in [0.1, 0.15) is 45.1 Å². The van der Waals surface area contributed by atoms with E-state index in [0.29, 0.717) is 18.4 Å². The molecule has 1 aliphatic heterocycles. The Hall–Kier alpha value is -2.46. The standard InChI is InChI=1S/C19H28N4O5S/c1-5-9-19(10-6-2)17(25)23(18(26)22-19)12-16(24)21-14-8-7-13(3)15(11-14)29(27,28)20-4/h7-8,11,20H,5-6,9-10,12H2,1-4H3,(H,21,24)(H,22,26). The number of sulfonamides is 1. The largest absolute Gasteiger partial charge is 0.325 e. The molecule has 1 aliphatic rings. The van der Waals surface area contributed by atoms with Crippen LogP contribution in [0.2, 0.25) is 0 Å². The number of nitrogens with one attached hydrogen (secondary N) is 3. The van der Waals surface area contributed by atoms with Gasteiger partial charge in [-0.1, -0.05) is 32.8 Å². The van der Waals surface area contributed by atoms with Gasteiger partial charge in [0.2, 0.25) is 15.9 Å². The minimum Gasteiger partial charge on any atom is -0.324 e. The maximum Gasteiger partial charge on any atom is 0.325 e. The highest BCUT2D eigenvalue weighted by Crippen LogP contribution is 2.28. The van der Waals surface area contributed by atoms with E-state index in [4.69, 9.17) is 0 Å². The quantitative estimate of drug-likeness (QED) is 0.521. The maximum absolute atomic E-state index is 12.8. The number of benzene rings is 1. The second-order valence-corrected chi connectivity index (χ2v) is 8.99. The first-order valence-electron chi connectivity index (χ1n) is 9.58. The van der Waals surface area contributed by atoms with E-state index in [9.17, 15) is 22.8 Å². The lowest BCUT2D eigenvalue weighted by Gasteiger charge is -2.25. The molecule has 1 fully saturated rings. The van der Waals surface area contributed by atoms with Crippen molar-refractivity contribution in [3.8, 4) is 0 Å². The Morgan fingerprint density at radius 1 is 1.17 bits per heavy atom. The normalized spacial score (nSPS) is 16.1. The van der Waals surface area contributed by atoms with Crippen molar-refractivity contribution < 1.29 is 22.8 Å². The van der Waals surface area contributed by atoms with Gasteiger partial charge >= 0.3 is 6.03 Å². The van der Waals surface area contributed by atoms with Gasteiger partial charge in [-0.05, 0) is 44.5 Å². The molecule has 0 bridgehead atoms. The van der Waals surface area contributed by atoms with E-state index in [-0.39, 0.29) is 10.6 Å². The maximum atomic E-state index is 12.8. The first-order valence-corrected chi connectivity index (χ1v) is 11.1. The van der Waals surface area contributed by atoms with Gasteiger partial charge in [-0.2, -0.15) is 0 Å². The molecule has 9 nitrogen and oxygen atoms in total. The smallest absolute Gasteiger partial charge is 0.324 e. The average Bonchev–Trinajstić information content (AvgIpc) is 2.88. The van der Waals surface area contributed by atoms with Crippen molar-refractivity contribution in [3.05, 3.63) is 23.8 Å². The van der Waals surface area contributed by atoms with Gasteiger partial charge in [-0.25, -0.2) is 17.9 Å². The van der Waals surface area contributed by atoms with E-state index in [0.717, 1.165) is 17.7 Å². The zero-order chi connectivity index (χ0) is 21.8. The fraction of sp³-hybridized carbons (Fsp3) is 0.526. The molecule has 0 atom stereocenters. The number of anilines is 1. The van der Waals surface area contributed by atoms with Crippen molar-refractivity contribution in [2.75, 3.05) is 18.9 Å². The minimum atomic E-state index is -3.69. The Kier molecular flexibility index (Phi) is 7.02. The SMILES string of the molecule is CCCC1(CCC)NC(=O)N(CC(=O)Nc2ccc(C)c(S(=O)(=O)NC)c2)C1=O. The predicted molar refractivity (Wildman–Crippen MR) is 109 cm³/mol. The van der Waals surface area contributed by atoms with Gasteiger partial charge in [0, 0.05) is 5.69 Å². The summed E-state index contributed by atoms with van der Waals surface area (Å²) in [6.07, 6.45) is 2.45. The van der Waals surface area contributed by atoms with Crippen molar-refractivity contribution in [3.63, 3.8) is 0 Å². The number of hydrogen-bond donors (Lipinski definition) is 3. The summed E-state index contributed by atoms with van der Waals surface area (Å²) in [5.74, 6) is -0.988. The fourth-order valence-electron chi connectivity index (χ4n) is 3.56. The van der Waals surface area contributed by atoms with E-state index in [1.54, 1.807) is 19.1 Å². The summed E-state index contributed by atoms with van der Waals surface area (Å²) in [7, 11) is -2.38. The molecule has 0 unspecified atom stereocenters. The summed E-state index contributed by atoms with van der Waals surface area (Å²) in [6, 6.07) is 3.88. The molecule has 29 heavy (non-hydrogen) atoms. The molecule has 1 saturated heterocycles. The lowest BCUT2D eigenvalue weighted by Crippen LogP contribution is -2.47. The highest BCUT2D eigenvalue weighted by atomic mass is 32.2. The van der Waals surface area contributed by atoms with E-state index in [2.05, 4.69) is 15.4 Å². The Morgan fingerprint density at radius 2 is 1.79 bits per heavy atom. The number of nitrogens with zero attached hydrogens (tertiary/aromatic N) is 1. The zero-order valence-corrected chi connectivity index (χ0v) is 18.0. The molecule has 160 valence electrons. The van der Waals surface area contributed by atoms with Gasteiger partial charge in [0.05, 0.1) is 4.90 Å². The monoisotopic (exact) mass is 424 g/mol. The third-order valence-electron chi connectivity index (χ3n) is 4.93. The highest BCUT2D eigenvalue weighted by molar-refractivity contribution is 7.89. The molecule has 2 rings (SSSR count). The van der Waals surface area contributed by atoms with Gasteiger partial charge < -0.3 is 10.6 Å². The van der Waals surface area contributed by atoms with Crippen molar-refractivity contribution in [2.24, 2.45) is 0 Å². The summed E-state index contributed by atoms with van der Waals surface area (Å²) in [5.41, 5.74) is -0.177. The van der Waals surface area contributed by atoms with Crippen LogP contribution in [0.25, 0.3) is 0 Å². The number of imide groups is 1. The molecular formula is C19H28N4O5S. The van der Waals surface area contributed by atoms with Gasteiger partial charge in [0.15, 0.2) is 0 Å². The topological polar surface area (TPSA) is 125 Å². The molecule has 1 aromatic carbocycles. The fourth-order valence-corrected chi connectivity index (χ4v) is 4.55. The summed E-state index contributed by atoms with van der Waals surface area (Å²) in [4.78, 5) is 38.6. The van der Waals surface area contributed by atoms with E-state index >= 15 is 0 Å². The minimum absolute atomic E-state index is 0.0395. The van der Waals surface area contributed by atoms with Crippen LogP contribution >= 0.6 is 0 Å². The van der Waals surface area contributed by atoms with Gasteiger partial charge in [0.25, 0.3) is 5.91 Å². The first-order chi connectivity index (χ1) is 13.6. The van der Waals surface area contributed by atoms with E-state index in [1.165, 1.54) is 13.1 Å². The molecule has 0 aromatic heterocycles. The summed E-state index contributed by atoms with van der Waals surface area (Å²) in [5, 5.41) is 5.31. The molecule has 0 saturated carbocycles. The van der Waals surface area contributed by atoms with Crippen LogP contribution in [-0.2, 0) is 19.6 Å². The molecule has 4 amide bonds. The molecular weight excluding hydrogens is 396 g/mol. The van der Waals surface area contributed by atoms with E-state index in [1.807, 2.05) is 13.8 Å². The lowest BCUT2D eigenvalue weighted by molar-refractivity contribution is -0.134. The second-order valence-electron chi connectivity index (χ2n) is 7.14. The summed E-state index contributed by atoms with van der Waals surface area (Å²) >= 11 is 0. The molecule has 1 aromatic rings. The average molecular weight is 425 g/mol. The van der Waals surface area contributed by atoms with E-state index < -0.39 is 40.0 Å². The third-order valence-corrected chi connectivity index (χ3v) is 6.49. The predicted octanol–water partition coefficient (Wildman–Crippen LogP) is 1.73. The number of hydrogen-bond acceptors (Lipinski definition) is 5. The molecule has 3 N–H and O–H groups in total. The van der Waals surface area contributed by atoms with Crippen LogP contribution in [0.4, 0.5) is 10.5 Å². The number of carbonyl (C=O) groups is 3. The second kappa shape index (κ2) is 8.91. The third kappa shape index (κ3) is 4.76. The number of urea groups is 1. The first kappa shape index (κ1) is 22.8. The van der Waals surface area contributed by atoms with Crippen molar-refractivity contribution >= 4 is 33.6 Å². The van der Waals surface area contributed by atoms with Crippen LogP contribution in [0.5, 0.6) is 0 Å². The van der Waals surface area contributed by atoms with Gasteiger partial charge in [0.1, 0.15) is 12.1 Å². The van der Waals surface area contributed by atoms with Crippen LogP contribution in [0.3, 0.4) is 0 Å². The molecule has 1 heterocycles. The Bertz CT molecular complexity index is 907. The van der Waals surface area contributed by atoms with Crippen molar-refractivity contribution in [1.29, 1.82) is 0 Å². The van der Waals surface area contributed by atoms with Crippen molar-refractivity contribution in [2.45, 2.75) is 56.9 Å². The molecule has 0 spiro atoms. The van der Waals surface area contributed by atoms with Crippen LogP contribution in [-0.4, -0.2) is 50.3 Å². The molecule has 0 aliphatic carbocycles. The van der Waals surface area contributed by atoms with Crippen LogP contribution in [0.15, 0.2) is 23.1 Å². The Labute approximate surface area is 171 Å². The molecule has 0 radical (unpaired) electrons. The summed E-state index contributed by atoms with van der Waals surface area (Å²) in [6.45, 7) is 5.06. The Balaban J connectivity index is 2.16. The van der Waals surface area contributed by atoms with Crippen molar-refractivity contribution in [1.82, 2.24) is 14.9 Å². The Morgan fingerprint density at radius 3 is 2.34 bits per heavy atom. The van der Waals surface area contributed by atoms with Gasteiger partial charge in [-0.15, -0.1) is 0 Å². The van der Waals surface area contributed by atoms with Crippen LogP contribution in [0, 0.1) is 6.92 Å². The number of rotatable bonds is 9. The number of carbonyl (C=O) groups excluding carboxylic acids is 3. The van der Waals surface area contributed by atoms with Crippen LogP contribution < -0.4 is 15.4 Å². The number of aryl methyl sites for hydroxylation is 1. The number of amides is 4.